The highest BCUT2D eigenvalue weighted by molar-refractivity contribution is 9.10. The van der Waals surface area contributed by atoms with E-state index in [4.69, 9.17) is 5.73 Å². The second-order valence-corrected chi connectivity index (χ2v) is 4.94. The van der Waals surface area contributed by atoms with Gasteiger partial charge in [0.25, 0.3) is 5.91 Å². The molecule has 0 unspecified atom stereocenters. The quantitative estimate of drug-likeness (QED) is 0.663. The lowest BCUT2D eigenvalue weighted by Crippen LogP contribution is -2.26. The normalized spacial score (nSPS) is 10.2. The van der Waals surface area contributed by atoms with Gasteiger partial charge in [0.1, 0.15) is 5.82 Å². The molecule has 0 aliphatic rings. The number of anilines is 1. The molecule has 0 bridgehead atoms. The standard InChI is InChI=1S/C10H12BrFN2OS/c1-16-3-2-14-10(15)6-4-9(13)8(12)5-7(6)11/h4-5H,2-3,13H2,1H3,(H,14,15). The molecule has 16 heavy (non-hydrogen) atoms. The number of nitrogen functional groups attached to an aromatic ring is 1. The van der Waals surface area contributed by atoms with E-state index in [0.29, 0.717) is 16.6 Å². The fraction of sp³-hybridized carbons (Fsp3) is 0.300. The van der Waals surface area contributed by atoms with Crippen LogP contribution in [0.4, 0.5) is 10.1 Å². The lowest BCUT2D eigenvalue weighted by Gasteiger charge is -2.07. The fourth-order valence-corrected chi connectivity index (χ4v) is 1.90. The molecule has 3 nitrogen and oxygen atoms in total. The number of benzene rings is 1. The summed E-state index contributed by atoms with van der Waals surface area (Å²) in [6.45, 7) is 0.573. The van der Waals surface area contributed by atoms with Gasteiger partial charge in [-0.25, -0.2) is 4.39 Å². The first kappa shape index (κ1) is 13.3. The first-order chi connectivity index (χ1) is 7.56. The maximum Gasteiger partial charge on any atom is 0.252 e. The van der Waals surface area contributed by atoms with Crippen molar-refractivity contribution in [3.8, 4) is 0 Å². The van der Waals surface area contributed by atoms with Crippen LogP contribution < -0.4 is 11.1 Å². The summed E-state index contributed by atoms with van der Waals surface area (Å²) < 4.78 is 13.4. The maximum atomic E-state index is 13.0. The molecule has 3 N–H and O–H groups in total. The molecule has 0 heterocycles. The first-order valence-electron chi connectivity index (χ1n) is 4.58. The van der Waals surface area contributed by atoms with E-state index in [0.717, 1.165) is 5.75 Å². The largest absolute Gasteiger partial charge is 0.396 e. The zero-order valence-corrected chi connectivity index (χ0v) is 11.1. The molecule has 6 heteroatoms. The molecule has 0 saturated heterocycles. The van der Waals surface area contributed by atoms with Gasteiger partial charge in [-0.15, -0.1) is 0 Å². The van der Waals surface area contributed by atoms with Gasteiger partial charge in [-0.3, -0.25) is 4.79 Å². The van der Waals surface area contributed by atoms with E-state index in [9.17, 15) is 9.18 Å². The Balaban J connectivity index is 2.79. The minimum absolute atomic E-state index is 0.0294. The van der Waals surface area contributed by atoms with Gasteiger partial charge >= 0.3 is 0 Å². The Morgan fingerprint density at radius 2 is 2.31 bits per heavy atom. The van der Waals surface area contributed by atoms with Crippen molar-refractivity contribution in [1.82, 2.24) is 5.32 Å². The van der Waals surface area contributed by atoms with Crippen molar-refractivity contribution in [2.45, 2.75) is 0 Å². The number of thioether (sulfide) groups is 1. The summed E-state index contributed by atoms with van der Waals surface area (Å²) in [5.41, 5.74) is 5.72. The molecule has 0 spiro atoms. The zero-order valence-electron chi connectivity index (χ0n) is 8.72. The van der Waals surface area contributed by atoms with Crippen LogP contribution in [-0.2, 0) is 0 Å². The van der Waals surface area contributed by atoms with Crippen molar-refractivity contribution in [3.63, 3.8) is 0 Å². The molecule has 1 aromatic carbocycles. The Hall–Kier alpha value is -0.750. The minimum atomic E-state index is -0.535. The van der Waals surface area contributed by atoms with E-state index in [-0.39, 0.29) is 11.6 Å². The number of nitrogens with one attached hydrogen (secondary N) is 1. The van der Waals surface area contributed by atoms with Crippen LogP contribution in [0.15, 0.2) is 16.6 Å². The highest BCUT2D eigenvalue weighted by Crippen LogP contribution is 2.22. The number of hydrogen-bond donors (Lipinski definition) is 2. The Bertz CT molecular complexity index is 401. The van der Waals surface area contributed by atoms with Crippen LogP contribution in [0.3, 0.4) is 0 Å². The molecule has 1 aromatic rings. The van der Waals surface area contributed by atoms with Gasteiger partial charge in [0.15, 0.2) is 0 Å². The summed E-state index contributed by atoms with van der Waals surface area (Å²) in [7, 11) is 0. The number of rotatable bonds is 4. The number of hydrogen-bond acceptors (Lipinski definition) is 3. The lowest BCUT2D eigenvalue weighted by molar-refractivity contribution is 0.0955. The first-order valence-corrected chi connectivity index (χ1v) is 6.76. The number of halogens is 2. The Morgan fingerprint density at radius 1 is 1.62 bits per heavy atom. The molecule has 0 saturated carbocycles. The Labute approximate surface area is 106 Å². The zero-order chi connectivity index (χ0) is 12.1. The summed E-state index contributed by atoms with van der Waals surface area (Å²) in [5, 5.41) is 2.72. The van der Waals surface area contributed by atoms with Crippen molar-refractivity contribution >= 4 is 39.3 Å². The highest BCUT2D eigenvalue weighted by Gasteiger charge is 2.12. The molecule has 0 atom stereocenters. The monoisotopic (exact) mass is 306 g/mol. The maximum absolute atomic E-state index is 13.0. The average Bonchev–Trinajstić information content (AvgIpc) is 2.23. The Kier molecular flexibility index (Phi) is 5.08. The molecule has 0 fully saturated rings. The molecule has 0 radical (unpaired) electrons. The number of carbonyl (C=O) groups excluding carboxylic acids is 1. The summed E-state index contributed by atoms with van der Waals surface area (Å²) in [5.74, 6) is 0.0419. The summed E-state index contributed by atoms with van der Waals surface area (Å²) in [6.07, 6.45) is 1.96. The summed E-state index contributed by atoms with van der Waals surface area (Å²) in [6, 6.07) is 2.52. The van der Waals surface area contributed by atoms with Crippen LogP contribution >= 0.6 is 27.7 Å². The number of carbonyl (C=O) groups is 1. The van der Waals surface area contributed by atoms with E-state index in [1.807, 2.05) is 6.26 Å². The van der Waals surface area contributed by atoms with Crippen LogP contribution in [0, 0.1) is 5.82 Å². The van der Waals surface area contributed by atoms with Crippen LogP contribution in [0.2, 0.25) is 0 Å². The van der Waals surface area contributed by atoms with E-state index >= 15 is 0 Å². The molecule has 1 amide bonds. The predicted molar refractivity (Wildman–Crippen MR) is 69.2 cm³/mol. The lowest BCUT2D eigenvalue weighted by atomic mass is 10.2. The molecule has 1 rings (SSSR count). The van der Waals surface area contributed by atoms with E-state index in [1.54, 1.807) is 11.8 Å². The molecular formula is C10H12BrFN2OS. The predicted octanol–water partition coefficient (Wildman–Crippen LogP) is 2.26. The van der Waals surface area contributed by atoms with Crippen molar-refractivity contribution in [2.75, 3.05) is 24.3 Å². The van der Waals surface area contributed by atoms with Gasteiger partial charge in [0.05, 0.1) is 11.3 Å². The molecule has 0 aromatic heterocycles. The van der Waals surface area contributed by atoms with Gasteiger partial charge in [-0.1, -0.05) is 0 Å². The summed E-state index contributed by atoms with van der Waals surface area (Å²) in [4.78, 5) is 11.7. The van der Waals surface area contributed by atoms with Crippen LogP contribution in [0.1, 0.15) is 10.4 Å². The van der Waals surface area contributed by atoms with Gasteiger partial charge in [0.2, 0.25) is 0 Å². The Morgan fingerprint density at radius 3 is 2.94 bits per heavy atom. The smallest absolute Gasteiger partial charge is 0.252 e. The third-order valence-corrected chi connectivity index (χ3v) is 3.19. The minimum Gasteiger partial charge on any atom is -0.396 e. The van der Waals surface area contributed by atoms with E-state index < -0.39 is 5.82 Å². The summed E-state index contributed by atoms with van der Waals surface area (Å²) >= 11 is 4.77. The van der Waals surface area contributed by atoms with Gasteiger partial charge < -0.3 is 11.1 Å². The second-order valence-electron chi connectivity index (χ2n) is 3.10. The van der Waals surface area contributed by atoms with Crippen LogP contribution in [0.25, 0.3) is 0 Å². The highest BCUT2D eigenvalue weighted by atomic mass is 79.9. The molecule has 88 valence electrons. The SMILES string of the molecule is CSCCNC(=O)c1cc(N)c(F)cc1Br. The van der Waals surface area contributed by atoms with Crippen molar-refractivity contribution in [1.29, 1.82) is 0 Å². The van der Waals surface area contributed by atoms with Crippen LogP contribution in [0.5, 0.6) is 0 Å². The van der Waals surface area contributed by atoms with Gasteiger partial charge in [-0.05, 0) is 34.3 Å². The third-order valence-electron chi connectivity index (χ3n) is 1.92. The van der Waals surface area contributed by atoms with Crippen molar-refractivity contribution in [2.24, 2.45) is 0 Å². The van der Waals surface area contributed by atoms with Gasteiger partial charge in [-0.2, -0.15) is 11.8 Å². The fourth-order valence-electron chi connectivity index (χ4n) is 1.10. The molecular weight excluding hydrogens is 295 g/mol. The van der Waals surface area contributed by atoms with Crippen LogP contribution in [-0.4, -0.2) is 24.5 Å². The molecule has 0 aliphatic heterocycles. The number of nitrogens with two attached hydrogens (primary N) is 1. The van der Waals surface area contributed by atoms with Crippen molar-refractivity contribution < 1.29 is 9.18 Å². The van der Waals surface area contributed by atoms with E-state index in [1.165, 1.54) is 12.1 Å². The number of amides is 1. The average molecular weight is 307 g/mol. The topological polar surface area (TPSA) is 55.1 Å². The van der Waals surface area contributed by atoms with Crippen molar-refractivity contribution in [3.05, 3.63) is 28.0 Å². The van der Waals surface area contributed by atoms with E-state index in [2.05, 4.69) is 21.2 Å². The molecule has 0 aliphatic carbocycles. The third kappa shape index (κ3) is 3.38. The second kappa shape index (κ2) is 6.10. The van der Waals surface area contributed by atoms with Gasteiger partial charge in [0, 0.05) is 16.8 Å².